The number of piperidine rings is 1. The summed E-state index contributed by atoms with van der Waals surface area (Å²) in [4.78, 5) is 4.32. The Morgan fingerprint density at radius 3 is 2.85 bits per heavy atom. The lowest BCUT2D eigenvalue weighted by molar-refractivity contribution is 0.460. The molecule has 2 heterocycles. The van der Waals surface area contributed by atoms with E-state index in [0.717, 1.165) is 6.54 Å². The molecule has 13 heavy (non-hydrogen) atoms. The van der Waals surface area contributed by atoms with Gasteiger partial charge in [0.1, 0.15) is 0 Å². The first-order valence-electron chi connectivity index (χ1n) is 4.07. The van der Waals surface area contributed by atoms with E-state index in [9.17, 15) is 0 Å². The maximum atomic E-state index is 4.32. The largest absolute Gasteiger partial charge is 0.316 e. The average Bonchev–Trinajstić information content (AvgIpc) is 2.58. The van der Waals surface area contributed by atoms with Crippen LogP contribution in [0, 0.1) is 0 Å². The van der Waals surface area contributed by atoms with Crippen LogP contribution in [-0.4, -0.2) is 18.1 Å². The first-order chi connectivity index (χ1) is 5.47. The van der Waals surface area contributed by atoms with E-state index >= 15 is 0 Å². The molecule has 2 rings (SSSR count). The van der Waals surface area contributed by atoms with Gasteiger partial charge in [0, 0.05) is 24.0 Å². The van der Waals surface area contributed by atoms with Gasteiger partial charge in [-0.1, -0.05) is 0 Å². The number of halogens is 2. The van der Waals surface area contributed by atoms with Crippen LogP contribution >= 0.6 is 36.2 Å². The summed E-state index contributed by atoms with van der Waals surface area (Å²) in [6.07, 6.45) is 4.50. The van der Waals surface area contributed by atoms with Crippen LogP contribution in [0.2, 0.25) is 0 Å². The molecule has 2 nitrogen and oxygen atoms in total. The number of hydrogen-bond donors (Lipinski definition) is 1. The highest BCUT2D eigenvalue weighted by Gasteiger charge is 2.16. The van der Waals surface area contributed by atoms with E-state index in [2.05, 4.69) is 15.7 Å². The summed E-state index contributed by atoms with van der Waals surface area (Å²) in [5.41, 5.74) is 0. The zero-order valence-electron chi connectivity index (χ0n) is 7.23. The van der Waals surface area contributed by atoms with Gasteiger partial charge in [-0.05, 0) is 19.4 Å². The number of nitrogens with zero attached hydrogens (tertiary/aromatic N) is 1. The Kier molecular flexibility index (Phi) is 6.68. The van der Waals surface area contributed by atoms with Crippen LogP contribution in [0.4, 0.5) is 0 Å². The van der Waals surface area contributed by atoms with Crippen molar-refractivity contribution in [3.63, 3.8) is 0 Å². The van der Waals surface area contributed by atoms with Gasteiger partial charge in [-0.2, -0.15) is 0 Å². The second kappa shape index (κ2) is 6.60. The molecule has 1 aliphatic heterocycles. The standard InChI is InChI=1S/C8H12N2S.2ClH/c1-2-7(6-9-3-1)8-10-4-5-11-8;;/h4-5,7,9H,1-3,6H2;2*1H. The number of nitrogens with one attached hydrogen (secondary N) is 1. The van der Waals surface area contributed by atoms with E-state index in [-0.39, 0.29) is 24.8 Å². The highest BCUT2D eigenvalue weighted by Crippen LogP contribution is 2.24. The molecule has 0 bridgehead atoms. The summed E-state index contributed by atoms with van der Waals surface area (Å²) in [6, 6.07) is 0. The molecule has 0 radical (unpaired) electrons. The molecule has 0 amide bonds. The first kappa shape index (κ1) is 13.2. The molecule has 1 fully saturated rings. The molecular weight excluding hydrogens is 227 g/mol. The third-order valence-corrected chi connectivity index (χ3v) is 3.04. The van der Waals surface area contributed by atoms with Crippen molar-refractivity contribution >= 4 is 36.2 Å². The number of aromatic nitrogens is 1. The van der Waals surface area contributed by atoms with Gasteiger partial charge in [-0.25, -0.2) is 4.98 Å². The zero-order chi connectivity index (χ0) is 7.52. The molecule has 1 aromatic rings. The van der Waals surface area contributed by atoms with E-state index in [1.165, 1.54) is 24.4 Å². The van der Waals surface area contributed by atoms with Gasteiger partial charge >= 0.3 is 0 Å². The Morgan fingerprint density at radius 2 is 2.31 bits per heavy atom. The lowest BCUT2D eigenvalue weighted by Crippen LogP contribution is -2.28. The fourth-order valence-corrected chi connectivity index (χ4v) is 2.28. The van der Waals surface area contributed by atoms with E-state index in [0.29, 0.717) is 5.92 Å². The van der Waals surface area contributed by atoms with Crippen LogP contribution in [-0.2, 0) is 0 Å². The fourth-order valence-electron chi connectivity index (χ4n) is 1.50. The summed E-state index contributed by atoms with van der Waals surface area (Å²) < 4.78 is 0. The SMILES string of the molecule is Cl.Cl.c1csc(C2CCCNC2)n1. The van der Waals surface area contributed by atoms with Crippen molar-refractivity contribution < 1.29 is 0 Å². The van der Waals surface area contributed by atoms with Gasteiger partial charge in [0.2, 0.25) is 0 Å². The summed E-state index contributed by atoms with van der Waals surface area (Å²) in [6.45, 7) is 2.30. The highest BCUT2D eigenvalue weighted by molar-refractivity contribution is 7.09. The van der Waals surface area contributed by atoms with Crippen molar-refractivity contribution in [1.29, 1.82) is 0 Å². The second-order valence-electron chi connectivity index (χ2n) is 2.91. The molecule has 1 N–H and O–H groups in total. The first-order valence-corrected chi connectivity index (χ1v) is 4.95. The van der Waals surface area contributed by atoms with Crippen LogP contribution in [0.5, 0.6) is 0 Å². The third kappa shape index (κ3) is 3.43. The minimum atomic E-state index is 0. The van der Waals surface area contributed by atoms with Crippen molar-refractivity contribution in [3.8, 4) is 0 Å². The van der Waals surface area contributed by atoms with Gasteiger partial charge in [0.25, 0.3) is 0 Å². The maximum absolute atomic E-state index is 4.32. The van der Waals surface area contributed by atoms with E-state index in [4.69, 9.17) is 0 Å². The Labute approximate surface area is 95.0 Å². The van der Waals surface area contributed by atoms with Gasteiger partial charge in [-0.15, -0.1) is 36.2 Å². The van der Waals surface area contributed by atoms with Crippen molar-refractivity contribution in [3.05, 3.63) is 16.6 Å². The van der Waals surface area contributed by atoms with Gasteiger partial charge in [0.05, 0.1) is 5.01 Å². The smallest absolute Gasteiger partial charge is 0.0968 e. The van der Waals surface area contributed by atoms with Crippen LogP contribution in [0.25, 0.3) is 0 Å². The van der Waals surface area contributed by atoms with Crippen molar-refractivity contribution in [2.75, 3.05) is 13.1 Å². The zero-order valence-corrected chi connectivity index (χ0v) is 9.68. The molecule has 1 aromatic heterocycles. The molecule has 1 saturated heterocycles. The number of hydrogen-bond acceptors (Lipinski definition) is 3. The Morgan fingerprint density at radius 1 is 1.46 bits per heavy atom. The summed E-state index contributed by atoms with van der Waals surface area (Å²) in [5, 5.41) is 6.75. The van der Waals surface area contributed by atoms with Crippen molar-refractivity contribution in [1.82, 2.24) is 10.3 Å². The normalized spacial score (nSPS) is 21.4. The van der Waals surface area contributed by atoms with Crippen LogP contribution < -0.4 is 5.32 Å². The predicted molar refractivity (Wildman–Crippen MR) is 61.5 cm³/mol. The minimum absolute atomic E-state index is 0. The van der Waals surface area contributed by atoms with E-state index in [1.807, 2.05) is 6.20 Å². The average molecular weight is 241 g/mol. The van der Waals surface area contributed by atoms with Crippen molar-refractivity contribution in [2.45, 2.75) is 18.8 Å². The predicted octanol–water partition coefficient (Wildman–Crippen LogP) is 2.45. The minimum Gasteiger partial charge on any atom is -0.316 e. The second-order valence-corrected chi connectivity index (χ2v) is 3.84. The fraction of sp³-hybridized carbons (Fsp3) is 0.625. The third-order valence-electron chi connectivity index (χ3n) is 2.10. The van der Waals surface area contributed by atoms with E-state index in [1.54, 1.807) is 11.3 Å². The van der Waals surface area contributed by atoms with Gasteiger partial charge in [0.15, 0.2) is 0 Å². The Hall–Kier alpha value is 0.170. The summed E-state index contributed by atoms with van der Waals surface area (Å²) in [7, 11) is 0. The molecule has 0 saturated carbocycles. The molecule has 0 spiro atoms. The lowest BCUT2D eigenvalue weighted by Gasteiger charge is -2.20. The molecule has 1 aliphatic rings. The van der Waals surface area contributed by atoms with Crippen molar-refractivity contribution in [2.24, 2.45) is 0 Å². The number of rotatable bonds is 1. The highest BCUT2D eigenvalue weighted by atomic mass is 35.5. The lowest BCUT2D eigenvalue weighted by atomic mass is 10.0. The van der Waals surface area contributed by atoms with Gasteiger partial charge in [-0.3, -0.25) is 0 Å². The molecule has 0 aromatic carbocycles. The summed E-state index contributed by atoms with van der Waals surface area (Å²) in [5.74, 6) is 0.684. The molecule has 1 unspecified atom stereocenters. The molecule has 0 aliphatic carbocycles. The quantitative estimate of drug-likeness (QED) is 0.816. The van der Waals surface area contributed by atoms with E-state index < -0.39 is 0 Å². The maximum Gasteiger partial charge on any atom is 0.0968 e. The number of thiazole rings is 1. The Bertz CT molecular complexity index is 210. The topological polar surface area (TPSA) is 24.9 Å². The van der Waals surface area contributed by atoms with Crippen LogP contribution in [0.3, 0.4) is 0 Å². The molecular formula is C8H14Cl2N2S. The Balaban J connectivity index is 0.000000720. The summed E-state index contributed by atoms with van der Waals surface area (Å²) >= 11 is 1.78. The molecule has 76 valence electrons. The molecule has 5 heteroatoms. The van der Waals surface area contributed by atoms with Crippen LogP contribution in [0.1, 0.15) is 23.8 Å². The van der Waals surface area contributed by atoms with Gasteiger partial charge < -0.3 is 5.32 Å². The monoisotopic (exact) mass is 240 g/mol. The van der Waals surface area contributed by atoms with Crippen LogP contribution in [0.15, 0.2) is 11.6 Å². The molecule has 1 atom stereocenters.